The van der Waals surface area contributed by atoms with Gasteiger partial charge in [0.1, 0.15) is 0 Å². The van der Waals surface area contributed by atoms with Crippen LogP contribution in [-0.4, -0.2) is 4.98 Å². The Morgan fingerprint density at radius 2 is 2.09 bits per heavy atom. The van der Waals surface area contributed by atoms with Crippen LogP contribution in [0.1, 0.15) is 42.3 Å². The van der Waals surface area contributed by atoms with Crippen molar-refractivity contribution in [1.29, 1.82) is 0 Å². The molecule has 0 saturated heterocycles. The number of hydrogen-bond donors (Lipinski definition) is 0. The number of aryl methyl sites for hydroxylation is 2. The summed E-state index contributed by atoms with van der Waals surface area (Å²) in [5.74, 6) is 0.582. The molecule has 1 heterocycles. The standard InChI is InChI=1S/C9H15NS/c1-5-8-7(4)10-9(11-8)6(2)3/h6H,5H2,1-4H3. The molecule has 0 saturated carbocycles. The lowest BCUT2D eigenvalue weighted by molar-refractivity contribution is 0.846. The van der Waals surface area contributed by atoms with E-state index in [1.807, 2.05) is 11.3 Å². The van der Waals surface area contributed by atoms with Crippen molar-refractivity contribution < 1.29 is 0 Å². The molecule has 1 nitrogen and oxygen atoms in total. The summed E-state index contributed by atoms with van der Waals surface area (Å²) in [5.41, 5.74) is 1.22. The van der Waals surface area contributed by atoms with Gasteiger partial charge in [0.15, 0.2) is 0 Å². The van der Waals surface area contributed by atoms with Gasteiger partial charge < -0.3 is 0 Å². The number of thiazole rings is 1. The molecule has 0 aliphatic rings. The molecule has 0 spiro atoms. The average Bonchev–Trinajstić information content (AvgIpc) is 2.31. The first-order chi connectivity index (χ1) is 5.15. The molecular weight excluding hydrogens is 154 g/mol. The Hall–Kier alpha value is -0.370. The second kappa shape index (κ2) is 3.35. The van der Waals surface area contributed by atoms with E-state index < -0.39 is 0 Å². The first-order valence-corrected chi connectivity index (χ1v) is 4.93. The Balaban J connectivity index is 2.95. The van der Waals surface area contributed by atoms with Crippen LogP contribution in [0.25, 0.3) is 0 Å². The summed E-state index contributed by atoms with van der Waals surface area (Å²) in [7, 11) is 0. The predicted octanol–water partition coefficient (Wildman–Crippen LogP) is 3.14. The van der Waals surface area contributed by atoms with Gasteiger partial charge in [0.25, 0.3) is 0 Å². The van der Waals surface area contributed by atoms with Gasteiger partial charge in [-0.15, -0.1) is 11.3 Å². The van der Waals surface area contributed by atoms with Gasteiger partial charge in [-0.05, 0) is 13.3 Å². The van der Waals surface area contributed by atoms with E-state index in [0.29, 0.717) is 5.92 Å². The van der Waals surface area contributed by atoms with Crippen molar-refractivity contribution in [3.05, 3.63) is 15.6 Å². The molecule has 1 rings (SSSR count). The monoisotopic (exact) mass is 169 g/mol. The Bertz CT molecular complexity index is 238. The van der Waals surface area contributed by atoms with Crippen LogP contribution in [0.3, 0.4) is 0 Å². The predicted molar refractivity (Wildman–Crippen MR) is 50.3 cm³/mol. The smallest absolute Gasteiger partial charge is 0.0956 e. The van der Waals surface area contributed by atoms with Crippen LogP contribution in [0, 0.1) is 6.92 Å². The molecule has 1 aromatic rings. The Morgan fingerprint density at radius 1 is 1.45 bits per heavy atom. The number of aromatic nitrogens is 1. The van der Waals surface area contributed by atoms with Crippen LogP contribution in [0.4, 0.5) is 0 Å². The van der Waals surface area contributed by atoms with E-state index in [4.69, 9.17) is 0 Å². The summed E-state index contributed by atoms with van der Waals surface area (Å²) in [6.45, 7) is 8.67. The van der Waals surface area contributed by atoms with Gasteiger partial charge in [-0.2, -0.15) is 0 Å². The summed E-state index contributed by atoms with van der Waals surface area (Å²) >= 11 is 1.86. The van der Waals surface area contributed by atoms with Crippen LogP contribution < -0.4 is 0 Å². The third-order valence-corrected chi connectivity index (χ3v) is 3.33. The maximum atomic E-state index is 4.50. The molecular formula is C9H15NS. The number of nitrogens with zero attached hydrogens (tertiary/aromatic N) is 1. The normalized spacial score (nSPS) is 11.0. The second-order valence-electron chi connectivity index (χ2n) is 3.07. The zero-order valence-electron chi connectivity index (χ0n) is 7.64. The topological polar surface area (TPSA) is 12.9 Å². The summed E-state index contributed by atoms with van der Waals surface area (Å²) in [6, 6.07) is 0. The first kappa shape index (κ1) is 8.72. The van der Waals surface area contributed by atoms with Crippen molar-refractivity contribution in [2.24, 2.45) is 0 Å². The lowest BCUT2D eigenvalue weighted by Gasteiger charge is -1.94. The molecule has 0 unspecified atom stereocenters. The van der Waals surface area contributed by atoms with Gasteiger partial charge in [0, 0.05) is 10.8 Å². The van der Waals surface area contributed by atoms with Crippen LogP contribution in [0.15, 0.2) is 0 Å². The van der Waals surface area contributed by atoms with Crippen LogP contribution in [0.2, 0.25) is 0 Å². The van der Waals surface area contributed by atoms with Crippen molar-refractivity contribution in [3.63, 3.8) is 0 Å². The van der Waals surface area contributed by atoms with E-state index >= 15 is 0 Å². The van der Waals surface area contributed by atoms with Gasteiger partial charge in [-0.3, -0.25) is 0 Å². The van der Waals surface area contributed by atoms with Gasteiger partial charge in [-0.1, -0.05) is 20.8 Å². The molecule has 62 valence electrons. The zero-order valence-corrected chi connectivity index (χ0v) is 8.46. The van der Waals surface area contributed by atoms with Crippen LogP contribution in [0.5, 0.6) is 0 Å². The molecule has 2 heteroatoms. The summed E-state index contributed by atoms with van der Waals surface area (Å²) < 4.78 is 0. The van der Waals surface area contributed by atoms with Gasteiger partial charge >= 0.3 is 0 Å². The van der Waals surface area contributed by atoms with E-state index in [2.05, 4.69) is 32.7 Å². The maximum absolute atomic E-state index is 4.50. The largest absolute Gasteiger partial charge is 0.246 e. The summed E-state index contributed by atoms with van der Waals surface area (Å²) in [4.78, 5) is 5.94. The maximum Gasteiger partial charge on any atom is 0.0956 e. The van der Waals surface area contributed by atoms with Crippen LogP contribution >= 0.6 is 11.3 Å². The average molecular weight is 169 g/mol. The third-order valence-electron chi connectivity index (χ3n) is 1.72. The lowest BCUT2D eigenvalue weighted by Crippen LogP contribution is -1.84. The lowest BCUT2D eigenvalue weighted by atomic mass is 10.2. The molecule has 0 aliphatic heterocycles. The van der Waals surface area contributed by atoms with Crippen molar-refractivity contribution >= 4 is 11.3 Å². The SMILES string of the molecule is CCc1sc(C(C)C)nc1C. The van der Waals surface area contributed by atoms with E-state index in [9.17, 15) is 0 Å². The van der Waals surface area contributed by atoms with E-state index in [1.165, 1.54) is 15.6 Å². The molecule has 0 radical (unpaired) electrons. The third kappa shape index (κ3) is 1.80. The highest BCUT2D eigenvalue weighted by Gasteiger charge is 2.07. The second-order valence-corrected chi connectivity index (χ2v) is 4.18. The van der Waals surface area contributed by atoms with Crippen molar-refractivity contribution in [1.82, 2.24) is 4.98 Å². The highest BCUT2D eigenvalue weighted by molar-refractivity contribution is 7.11. The van der Waals surface area contributed by atoms with Crippen molar-refractivity contribution in [3.8, 4) is 0 Å². The van der Waals surface area contributed by atoms with Gasteiger partial charge in [0.2, 0.25) is 0 Å². The van der Waals surface area contributed by atoms with Gasteiger partial charge in [-0.25, -0.2) is 4.98 Å². The van der Waals surface area contributed by atoms with E-state index in [1.54, 1.807) is 0 Å². The molecule has 0 fully saturated rings. The molecule has 0 aliphatic carbocycles. The highest BCUT2D eigenvalue weighted by atomic mass is 32.1. The first-order valence-electron chi connectivity index (χ1n) is 4.11. The van der Waals surface area contributed by atoms with Crippen molar-refractivity contribution in [2.45, 2.75) is 40.0 Å². The minimum Gasteiger partial charge on any atom is -0.246 e. The molecule has 1 aromatic heterocycles. The molecule has 0 atom stereocenters. The Kier molecular flexibility index (Phi) is 2.66. The summed E-state index contributed by atoms with van der Waals surface area (Å²) in [5, 5.41) is 1.28. The molecule has 11 heavy (non-hydrogen) atoms. The van der Waals surface area contributed by atoms with E-state index in [-0.39, 0.29) is 0 Å². The Labute approximate surface area is 72.5 Å². The van der Waals surface area contributed by atoms with Crippen LogP contribution in [-0.2, 0) is 6.42 Å². The minimum absolute atomic E-state index is 0.582. The van der Waals surface area contributed by atoms with E-state index in [0.717, 1.165) is 6.42 Å². The molecule has 0 N–H and O–H groups in total. The summed E-state index contributed by atoms with van der Waals surface area (Å²) in [6.07, 6.45) is 1.12. The fraction of sp³-hybridized carbons (Fsp3) is 0.667. The number of hydrogen-bond acceptors (Lipinski definition) is 2. The number of rotatable bonds is 2. The van der Waals surface area contributed by atoms with Gasteiger partial charge in [0.05, 0.1) is 10.7 Å². The van der Waals surface area contributed by atoms with Crippen molar-refractivity contribution in [2.75, 3.05) is 0 Å². The fourth-order valence-electron chi connectivity index (χ4n) is 1.03. The fourth-order valence-corrected chi connectivity index (χ4v) is 2.03. The molecule has 0 aromatic carbocycles. The minimum atomic E-state index is 0.582. The molecule has 0 amide bonds. The zero-order chi connectivity index (χ0) is 8.43. The highest BCUT2D eigenvalue weighted by Crippen LogP contribution is 2.24. The Morgan fingerprint density at radius 3 is 2.36 bits per heavy atom. The molecule has 0 bridgehead atoms. The quantitative estimate of drug-likeness (QED) is 0.662.